The molecule has 0 spiro atoms. The smallest absolute Gasteiger partial charge is 0.0106 e. The first-order chi connectivity index (χ1) is 21.4. The van der Waals surface area contributed by atoms with Crippen LogP contribution in [0.4, 0.5) is 0 Å². The van der Waals surface area contributed by atoms with Crippen molar-refractivity contribution in [2.45, 2.75) is 209 Å². The molecular formula is C40H92N4. The first kappa shape index (κ1) is 50.7. The standard InChI is InChI=1S/2C7H12.2C6H12.2C3H8.4C2H7N/c2*1-2-7-4-3-6(1)5-7;2*1-2-4-6-5-3-1;2*1-3-2;4*1-2-3/h2*6-7H,1-5H2;2*1-6H2;2*3H2,1-2H3;4*2-3H2,1H3. The van der Waals surface area contributed by atoms with Gasteiger partial charge in [-0.2, -0.15) is 0 Å². The Morgan fingerprint density at radius 3 is 0.432 bits per heavy atom. The molecule has 0 amide bonds. The van der Waals surface area contributed by atoms with Gasteiger partial charge in [-0.15, -0.1) is 0 Å². The summed E-state index contributed by atoms with van der Waals surface area (Å²) >= 11 is 0. The van der Waals surface area contributed by atoms with Gasteiger partial charge in [0.25, 0.3) is 0 Å². The van der Waals surface area contributed by atoms with E-state index in [2.05, 4.69) is 27.7 Å². The molecule has 6 aliphatic carbocycles. The van der Waals surface area contributed by atoms with Crippen molar-refractivity contribution in [3.63, 3.8) is 0 Å². The Labute approximate surface area is 281 Å². The van der Waals surface area contributed by atoms with E-state index in [9.17, 15) is 0 Å². The van der Waals surface area contributed by atoms with E-state index in [-0.39, 0.29) is 0 Å². The van der Waals surface area contributed by atoms with Gasteiger partial charge in [0.2, 0.25) is 0 Å². The summed E-state index contributed by atoms with van der Waals surface area (Å²) in [7, 11) is 0. The van der Waals surface area contributed by atoms with Crippen LogP contribution in [0.5, 0.6) is 0 Å². The van der Waals surface area contributed by atoms with E-state index in [1.807, 2.05) is 27.7 Å². The van der Waals surface area contributed by atoms with Crippen molar-refractivity contribution in [1.82, 2.24) is 0 Å². The molecule has 4 bridgehead atoms. The van der Waals surface area contributed by atoms with Crippen molar-refractivity contribution in [3.8, 4) is 0 Å². The monoisotopic (exact) mass is 629 g/mol. The minimum absolute atomic E-state index is 0.750. The van der Waals surface area contributed by atoms with E-state index in [4.69, 9.17) is 22.9 Å². The molecule has 0 atom stereocenters. The van der Waals surface area contributed by atoms with Crippen LogP contribution in [0.25, 0.3) is 0 Å². The van der Waals surface area contributed by atoms with Crippen molar-refractivity contribution >= 4 is 0 Å². The van der Waals surface area contributed by atoms with Crippen LogP contribution in [0.15, 0.2) is 0 Å². The molecule has 0 heterocycles. The highest BCUT2D eigenvalue weighted by Crippen LogP contribution is 2.44. The Kier molecular flexibility index (Phi) is 54.4. The molecule has 6 rings (SSSR count). The van der Waals surface area contributed by atoms with Gasteiger partial charge in [0, 0.05) is 0 Å². The predicted octanol–water partition coefficient (Wildman–Crippen LogP) is 11.8. The first-order valence-corrected chi connectivity index (χ1v) is 20.2. The maximum Gasteiger partial charge on any atom is -0.0106 e. The highest BCUT2D eigenvalue weighted by Gasteiger charge is 2.31. The fourth-order valence-electron chi connectivity index (χ4n) is 6.47. The van der Waals surface area contributed by atoms with Crippen LogP contribution in [0.2, 0.25) is 0 Å². The maximum atomic E-state index is 4.85. The molecule has 0 saturated heterocycles. The van der Waals surface area contributed by atoms with Crippen molar-refractivity contribution < 1.29 is 0 Å². The fraction of sp³-hybridized carbons (Fsp3) is 1.00. The van der Waals surface area contributed by atoms with E-state index in [1.54, 1.807) is 64.2 Å². The average molecular weight is 629 g/mol. The molecule has 0 aromatic heterocycles. The van der Waals surface area contributed by atoms with Crippen molar-refractivity contribution in [3.05, 3.63) is 0 Å². The van der Waals surface area contributed by atoms with Gasteiger partial charge in [-0.25, -0.2) is 0 Å². The molecule has 4 nitrogen and oxygen atoms in total. The third-order valence-corrected chi connectivity index (χ3v) is 8.27. The van der Waals surface area contributed by atoms with Crippen molar-refractivity contribution in [1.29, 1.82) is 0 Å². The Hall–Kier alpha value is -0.160. The minimum Gasteiger partial charge on any atom is -0.331 e. The van der Waals surface area contributed by atoms with E-state index >= 15 is 0 Å². The van der Waals surface area contributed by atoms with E-state index < -0.39 is 0 Å². The van der Waals surface area contributed by atoms with Gasteiger partial charge in [-0.05, 0) is 62.7 Å². The number of hydrogen-bond donors (Lipinski definition) is 4. The Morgan fingerprint density at radius 2 is 0.386 bits per heavy atom. The van der Waals surface area contributed by atoms with Gasteiger partial charge in [-0.1, -0.05) is 197 Å². The summed E-state index contributed by atoms with van der Waals surface area (Å²) < 4.78 is 0. The number of hydrogen-bond acceptors (Lipinski definition) is 4. The molecule has 8 N–H and O–H groups in total. The van der Waals surface area contributed by atoms with Gasteiger partial charge in [0.1, 0.15) is 0 Å². The van der Waals surface area contributed by atoms with E-state index in [1.165, 1.54) is 114 Å². The summed E-state index contributed by atoms with van der Waals surface area (Å²) in [6, 6.07) is 0. The number of fused-ring (bicyclic) bond motifs is 4. The maximum absolute atomic E-state index is 4.85. The molecule has 0 aromatic carbocycles. The Balaban J connectivity index is -0.000000208. The molecule has 4 heteroatoms. The number of rotatable bonds is 0. The third-order valence-electron chi connectivity index (χ3n) is 8.27. The summed E-state index contributed by atoms with van der Waals surface area (Å²) in [5.41, 5.74) is 19.4. The normalized spacial score (nSPS) is 24.3. The molecule has 44 heavy (non-hydrogen) atoms. The van der Waals surface area contributed by atoms with Crippen LogP contribution in [0.3, 0.4) is 0 Å². The predicted molar refractivity (Wildman–Crippen MR) is 206 cm³/mol. The topological polar surface area (TPSA) is 104 Å². The van der Waals surface area contributed by atoms with Crippen LogP contribution in [-0.2, 0) is 0 Å². The number of nitrogens with two attached hydrogens (primary N) is 4. The minimum atomic E-state index is 0.750. The largest absolute Gasteiger partial charge is 0.331 e. The summed E-state index contributed by atoms with van der Waals surface area (Å²) in [5, 5.41) is 0. The third kappa shape index (κ3) is 44.0. The van der Waals surface area contributed by atoms with Gasteiger partial charge >= 0.3 is 0 Å². The van der Waals surface area contributed by atoms with Crippen molar-refractivity contribution in [2.75, 3.05) is 26.2 Å². The average Bonchev–Trinajstić information content (AvgIpc) is 3.88. The lowest BCUT2D eigenvalue weighted by molar-refractivity contribution is 0.480. The Bertz CT molecular complexity index is 329. The summed E-state index contributed by atoms with van der Waals surface area (Å²) in [6.07, 6.45) is 36.1. The summed E-state index contributed by atoms with van der Waals surface area (Å²) in [5.74, 6) is 4.69. The van der Waals surface area contributed by atoms with E-state index in [0.29, 0.717) is 0 Å². The highest BCUT2D eigenvalue weighted by molar-refractivity contribution is 4.83. The second-order valence-corrected chi connectivity index (χ2v) is 13.5. The molecular weight excluding hydrogens is 536 g/mol. The molecule has 0 unspecified atom stereocenters. The zero-order valence-electron chi connectivity index (χ0n) is 32.4. The quantitative estimate of drug-likeness (QED) is 0.214. The molecule has 272 valence electrons. The van der Waals surface area contributed by atoms with E-state index in [0.717, 1.165) is 26.2 Å². The summed E-state index contributed by atoms with van der Waals surface area (Å²) in [6.45, 7) is 19.1. The van der Waals surface area contributed by atoms with Gasteiger partial charge in [0.05, 0.1) is 0 Å². The Morgan fingerprint density at radius 1 is 0.295 bits per heavy atom. The second kappa shape index (κ2) is 47.2. The first-order valence-electron chi connectivity index (χ1n) is 20.2. The van der Waals surface area contributed by atoms with Crippen LogP contribution in [-0.4, -0.2) is 26.2 Å². The van der Waals surface area contributed by atoms with Crippen LogP contribution >= 0.6 is 0 Å². The lowest BCUT2D eigenvalue weighted by Gasteiger charge is -2.05. The zero-order chi connectivity index (χ0) is 34.1. The molecule has 6 saturated carbocycles. The van der Waals surface area contributed by atoms with Crippen molar-refractivity contribution in [2.24, 2.45) is 46.6 Å². The molecule has 0 radical (unpaired) electrons. The molecule has 6 aliphatic rings. The van der Waals surface area contributed by atoms with Gasteiger partial charge < -0.3 is 22.9 Å². The lowest BCUT2D eigenvalue weighted by Crippen LogP contribution is -1.90. The van der Waals surface area contributed by atoms with Crippen LogP contribution in [0, 0.1) is 23.7 Å². The lowest BCUT2D eigenvalue weighted by atomic mass is 10.0. The van der Waals surface area contributed by atoms with Gasteiger partial charge in [0.15, 0.2) is 0 Å². The van der Waals surface area contributed by atoms with Crippen LogP contribution < -0.4 is 22.9 Å². The van der Waals surface area contributed by atoms with Gasteiger partial charge in [-0.3, -0.25) is 0 Å². The molecule has 0 aliphatic heterocycles. The fourth-order valence-corrected chi connectivity index (χ4v) is 6.47. The summed E-state index contributed by atoms with van der Waals surface area (Å²) in [4.78, 5) is 0. The second-order valence-electron chi connectivity index (χ2n) is 13.5. The zero-order valence-corrected chi connectivity index (χ0v) is 32.4. The highest BCUT2D eigenvalue weighted by atomic mass is 14.5. The molecule has 6 fully saturated rings. The SMILES string of the molecule is C1CC2CCC1C2.C1CC2CCC1C2.C1CCCCC1.C1CCCCC1.CCC.CCC.CCN.CCN.CCN.CCN. The van der Waals surface area contributed by atoms with Crippen LogP contribution in [0.1, 0.15) is 209 Å². The molecule has 0 aromatic rings.